The van der Waals surface area contributed by atoms with Crippen LogP contribution in [0.25, 0.3) is 49.9 Å². The first kappa shape index (κ1) is 50.4. The predicted octanol–water partition coefficient (Wildman–Crippen LogP) is 19.0. The standard InChI is InChI=1S/C67H69N4O.Pt/c1-13-45(14-2)47-27-30-62-63(37-47)71(52-34-48(46-21-16-15-17-22-46)33-51(38-52)67(10,11)12)42-70(62,71)53-35-49(65-56(43(3)4)24-20-25-57(65)44(5)6)36-55(40-53)72-54-28-29-59-58-23-18-19-26-60(58)69(61(59)41-54)64-39-50(31-32-68-64)66(7,8)9;/h15-39,42-45H,13-14H2,1-12H3;/q-1;/t70?,71-;/m0./s1. The summed E-state index contributed by atoms with van der Waals surface area (Å²) in [5.74, 6) is 3.24. The Kier molecular flexibility index (Phi) is 12.9. The Morgan fingerprint density at radius 2 is 1.29 bits per heavy atom. The van der Waals surface area contributed by atoms with Crippen molar-refractivity contribution in [1.29, 1.82) is 0 Å². The van der Waals surface area contributed by atoms with Gasteiger partial charge >= 0.3 is 0 Å². The Labute approximate surface area is 448 Å². The molecule has 2 aromatic heterocycles. The molecule has 6 heteroatoms. The van der Waals surface area contributed by atoms with Crippen molar-refractivity contribution in [1.82, 2.24) is 18.7 Å². The number of rotatable bonds is 12. The zero-order valence-corrected chi connectivity index (χ0v) is 46.9. The smallest absolute Gasteiger partial charge is 0.225 e. The van der Waals surface area contributed by atoms with Crippen LogP contribution in [0.15, 0.2) is 152 Å². The fourth-order valence-electron chi connectivity index (χ4n) is 11.6. The third-order valence-corrected chi connectivity index (χ3v) is 15.7. The monoisotopic (exact) mass is 1140 g/mol. The van der Waals surface area contributed by atoms with Crippen molar-refractivity contribution in [3.05, 3.63) is 198 Å². The Balaban J connectivity index is 0.00000611. The summed E-state index contributed by atoms with van der Waals surface area (Å²) in [7, 11) is 0. The molecule has 5 nitrogen and oxygen atoms in total. The molecule has 1 fully saturated rings. The van der Waals surface area contributed by atoms with E-state index in [1.807, 2.05) is 6.20 Å². The molecule has 0 N–H and O–H groups in total. The van der Waals surface area contributed by atoms with Crippen LogP contribution < -0.4 is 13.9 Å². The molecule has 4 heterocycles. The largest absolute Gasteiger partial charge is 0.509 e. The van der Waals surface area contributed by atoms with Crippen LogP contribution in [0.4, 0.5) is 22.7 Å². The van der Waals surface area contributed by atoms with Crippen LogP contribution in [0.2, 0.25) is 0 Å². The molecule has 2 aliphatic heterocycles. The fraction of sp³-hybridized carbons (Fsp3) is 0.284. The van der Waals surface area contributed by atoms with Crippen molar-refractivity contribution in [2.24, 2.45) is 0 Å². The molecule has 0 aliphatic carbocycles. The molecule has 0 saturated carbocycles. The van der Waals surface area contributed by atoms with Gasteiger partial charge in [-0.2, -0.15) is 10.7 Å². The van der Waals surface area contributed by atoms with Gasteiger partial charge in [0.05, 0.1) is 5.69 Å². The van der Waals surface area contributed by atoms with E-state index in [4.69, 9.17) is 9.72 Å². The van der Waals surface area contributed by atoms with Gasteiger partial charge in [-0.15, -0.1) is 29.1 Å². The minimum atomic E-state index is -0.0792. The number of hydrogen-bond acceptors (Lipinski definition) is 2. The van der Waals surface area contributed by atoms with Gasteiger partial charge < -0.3 is 9.30 Å². The molecular formula is C67H69N4OPt-. The summed E-state index contributed by atoms with van der Waals surface area (Å²) in [4.78, 5) is 4.96. The van der Waals surface area contributed by atoms with Gasteiger partial charge in [0.25, 0.3) is 0 Å². The van der Waals surface area contributed by atoms with Gasteiger partial charge in [-0.05, 0) is 110 Å². The summed E-state index contributed by atoms with van der Waals surface area (Å²) in [6.07, 6.45) is 4.13. The molecule has 7 aromatic carbocycles. The molecule has 73 heavy (non-hydrogen) atoms. The van der Waals surface area contributed by atoms with Gasteiger partial charge in [0, 0.05) is 68.5 Å². The number of hydrogen-bond donors (Lipinski definition) is 0. The van der Waals surface area contributed by atoms with Crippen LogP contribution in [-0.4, -0.2) is 9.55 Å². The van der Waals surface area contributed by atoms with Crippen LogP contribution in [0, 0.1) is 18.8 Å². The van der Waals surface area contributed by atoms with Crippen molar-refractivity contribution in [3.8, 4) is 39.6 Å². The maximum atomic E-state index is 7.21. The van der Waals surface area contributed by atoms with Gasteiger partial charge in [-0.1, -0.05) is 180 Å². The first-order valence-corrected chi connectivity index (χ1v) is 26.3. The van der Waals surface area contributed by atoms with E-state index in [1.165, 1.54) is 61.6 Å². The second kappa shape index (κ2) is 18.7. The summed E-state index contributed by atoms with van der Waals surface area (Å²) >= 11 is 0. The molecule has 2 atom stereocenters. The summed E-state index contributed by atoms with van der Waals surface area (Å²) in [5.41, 5.74) is 18.2. The number of fused-ring (bicyclic) bond motifs is 7. The summed E-state index contributed by atoms with van der Waals surface area (Å²) in [5, 5.41) is 2.25. The van der Waals surface area contributed by atoms with Crippen molar-refractivity contribution < 1.29 is 25.8 Å². The quantitative estimate of drug-likeness (QED) is 0.0692. The van der Waals surface area contributed by atoms with E-state index in [0.717, 1.165) is 51.7 Å². The van der Waals surface area contributed by atoms with E-state index in [9.17, 15) is 0 Å². The first-order chi connectivity index (χ1) is 34.5. The minimum absolute atomic E-state index is 0. The van der Waals surface area contributed by atoms with Crippen LogP contribution in [0.5, 0.6) is 11.5 Å². The first-order valence-electron chi connectivity index (χ1n) is 26.3. The van der Waals surface area contributed by atoms with E-state index < -0.39 is 0 Å². The van der Waals surface area contributed by atoms with Gasteiger partial charge in [-0.3, -0.25) is 0 Å². The number of quaternary nitrogens is 2. The van der Waals surface area contributed by atoms with Crippen molar-refractivity contribution in [2.75, 3.05) is 0 Å². The number of benzene rings is 7. The van der Waals surface area contributed by atoms with E-state index >= 15 is 0 Å². The molecule has 0 bridgehead atoms. The maximum absolute atomic E-state index is 7.21. The fourth-order valence-corrected chi connectivity index (χ4v) is 11.6. The molecule has 0 spiro atoms. The summed E-state index contributed by atoms with van der Waals surface area (Å²) in [6, 6.07) is 61.9. The molecule has 0 amide bonds. The van der Waals surface area contributed by atoms with Gasteiger partial charge in [0.15, 0.2) is 12.4 Å². The molecule has 0 radical (unpaired) electrons. The molecule has 1 saturated heterocycles. The van der Waals surface area contributed by atoms with Gasteiger partial charge in [0.1, 0.15) is 5.82 Å². The average Bonchev–Trinajstić information content (AvgIpc) is 3.87. The second-order valence-electron chi connectivity index (χ2n) is 23.1. The Morgan fingerprint density at radius 3 is 1.97 bits per heavy atom. The molecule has 9 aromatic rings. The number of aromatic nitrogens is 2. The summed E-state index contributed by atoms with van der Waals surface area (Å²) in [6.45, 7) is 30.1. The zero-order chi connectivity index (χ0) is 50.5. The Morgan fingerprint density at radius 1 is 0.589 bits per heavy atom. The molecule has 374 valence electrons. The second-order valence-corrected chi connectivity index (χ2v) is 23.1. The molecule has 2 aliphatic rings. The average molecular weight is 1140 g/mol. The third kappa shape index (κ3) is 8.31. The van der Waals surface area contributed by atoms with Crippen LogP contribution in [-0.2, 0) is 31.9 Å². The zero-order valence-electron chi connectivity index (χ0n) is 44.7. The van der Waals surface area contributed by atoms with Crippen molar-refractivity contribution >= 4 is 44.6 Å². The van der Waals surface area contributed by atoms with Crippen LogP contribution in [0.1, 0.15) is 141 Å². The van der Waals surface area contributed by atoms with E-state index in [-0.39, 0.29) is 31.9 Å². The van der Waals surface area contributed by atoms with E-state index in [1.54, 1.807) is 0 Å². The molecule has 11 rings (SSSR count). The van der Waals surface area contributed by atoms with Crippen LogP contribution in [0.3, 0.4) is 0 Å². The van der Waals surface area contributed by atoms with Crippen LogP contribution >= 0.6 is 0 Å². The van der Waals surface area contributed by atoms with Gasteiger partial charge in [-0.25, -0.2) is 9.58 Å². The Hall–Kier alpha value is -6.10. The minimum Gasteiger partial charge on any atom is -0.509 e. The van der Waals surface area contributed by atoms with Crippen molar-refractivity contribution in [3.63, 3.8) is 0 Å². The predicted molar refractivity (Wildman–Crippen MR) is 303 cm³/mol. The number of pyridine rings is 1. The maximum Gasteiger partial charge on any atom is 0.225 e. The summed E-state index contributed by atoms with van der Waals surface area (Å²) < 4.78 is 10.5. The molecular weight excluding hydrogens is 1070 g/mol. The third-order valence-electron chi connectivity index (χ3n) is 15.7. The molecule has 1 unspecified atom stereocenters. The topological polar surface area (TPSA) is 27.1 Å². The Bertz CT molecular complexity index is 3530. The number of para-hydroxylation sites is 1. The number of ether oxygens (including phenoxy) is 1. The number of nitrogens with zero attached hydrogens (tertiary/aromatic N) is 4. The van der Waals surface area contributed by atoms with Crippen molar-refractivity contribution in [2.45, 2.75) is 125 Å². The van der Waals surface area contributed by atoms with E-state index in [2.05, 4.69) is 252 Å². The van der Waals surface area contributed by atoms with Gasteiger partial charge in [0.2, 0.25) is 11.4 Å². The van der Waals surface area contributed by atoms with E-state index in [0.29, 0.717) is 38.4 Å². The normalized spacial score (nSPS) is 17.2. The SMILES string of the molecule is CCC(CC)c1ccc2c(c1)[N@@+]1(c3cc(-c4ccccc4)cc(C(C)(C)C)c3)[CH-][N+]21c1[c-]c(Oc2[c-]c3c(cc2)c2ccccc2n3-c2cc(C(C)(C)C)ccn2)cc(-c2c(C(C)C)cccc2C(C)C)c1.[Pt].